The molecule has 7 nitrogen and oxygen atoms in total. The molecule has 0 aromatic heterocycles. The smallest absolute Gasteiger partial charge is 0.264 e. The van der Waals surface area contributed by atoms with Crippen molar-refractivity contribution in [3.05, 3.63) is 95.0 Å². The molecule has 0 spiro atoms. The molecule has 38 heavy (non-hydrogen) atoms. The van der Waals surface area contributed by atoms with E-state index in [0.717, 1.165) is 15.4 Å². The number of aryl methyl sites for hydroxylation is 1. The van der Waals surface area contributed by atoms with Crippen LogP contribution in [0.25, 0.3) is 0 Å². The molecule has 0 aliphatic heterocycles. The third kappa shape index (κ3) is 7.58. The molecule has 0 bridgehead atoms. The van der Waals surface area contributed by atoms with E-state index in [4.69, 9.17) is 11.6 Å². The van der Waals surface area contributed by atoms with E-state index in [0.29, 0.717) is 17.3 Å². The topological polar surface area (TPSA) is 86.8 Å². The third-order valence-electron chi connectivity index (χ3n) is 6.05. The van der Waals surface area contributed by atoms with Gasteiger partial charge in [0, 0.05) is 18.1 Å². The van der Waals surface area contributed by atoms with Crippen LogP contribution in [0.2, 0.25) is 5.02 Å². The van der Waals surface area contributed by atoms with Gasteiger partial charge in [-0.3, -0.25) is 13.9 Å². The van der Waals surface area contributed by atoms with E-state index in [1.807, 2.05) is 20.8 Å². The fraction of sp³-hybridized carbons (Fsp3) is 0.310. The lowest BCUT2D eigenvalue weighted by Gasteiger charge is -2.32. The lowest BCUT2D eigenvalue weighted by Crippen LogP contribution is -2.51. The van der Waals surface area contributed by atoms with E-state index in [9.17, 15) is 18.0 Å². The zero-order valence-electron chi connectivity index (χ0n) is 22.1. The molecule has 0 radical (unpaired) electrons. The number of rotatable bonds is 11. The quantitative estimate of drug-likeness (QED) is 0.359. The van der Waals surface area contributed by atoms with Crippen molar-refractivity contribution < 1.29 is 18.0 Å². The summed E-state index contributed by atoms with van der Waals surface area (Å²) >= 11 is 6.03. The maximum Gasteiger partial charge on any atom is 0.264 e. The van der Waals surface area contributed by atoms with Gasteiger partial charge in [0.05, 0.1) is 10.6 Å². The fourth-order valence-corrected chi connectivity index (χ4v) is 5.34. The summed E-state index contributed by atoms with van der Waals surface area (Å²) in [4.78, 5) is 28.3. The number of carbonyl (C=O) groups is 2. The normalized spacial score (nSPS) is 12.2. The molecule has 202 valence electrons. The molecule has 0 saturated heterocycles. The summed E-state index contributed by atoms with van der Waals surface area (Å²) in [5.74, 6) is -0.583. The van der Waals surface area contributed by atoms with Gasteiger partial charge in [0.1, 0.15) is 12.6 Å². The predicted octanol–water partition coefficient (Wildman–Crippen LogP) is 5.03. The Morgan fingerprint density at radius 3 is 2.08 bits per heavy atom. The van der Waals surface area contributed by atoms with Gasteiger partial charge in [-0.15, -0.1) is 0 Å². The average Bonchev–Trinajstić information content (AvgIpc) is 2.90. The fourth-order valence-electron chi connectivity index (χ4n) is 3.78. The summed E-state index contributed by atoms with van der Waals surface area (Å²) in [5.41, 5.74) is 2.08. The minimum Gasteiger partial charge on any atom is -0.354 e. The highest BCUT2D eigenvalue weighted by molar-refractivity contribution is 7.92. The molecule has 1 N–H and O–H groups in total. The molecule has 3 aromatic carbocycles. The average molecular weight is 556 g/mol. The molecule has 0 heterocycles. The monoisotopic (exact) mass is 555 g/mol. The highest BCUT2D eigenvalue weighted by Crippen LogP contribution is 2.25. The van der Waals surface area contributed by atoms with Gasteiger partial charge in [-0.25, -0.2) is 8.42 Å². The van der Waals surface area contributed by atoms with E-state index in [1.54, 1.807) is 73.7 Å². The number of hydrogen-bond donors (Lipinski definition) is 1. The van der Waals surface area contributed by atoms with Crippen LogP contribution < -0.4 is 9.62 Å². The highest BCUT2D eigenvalue weighted by Gasteiger charge is 2.32. The zero-order chi connectivity index (χ0) is 27.9. The van der Waals surface area contributed by atoms with Gasteiger partial charge >= 0.3 is 0 Å². The first-order chi connectivity index (χ1) is 18.0. The molecule has 1 atom stereocenters. The Kier molecular flexibility index (Phi) is 9.94. The molecule has 3 rings (SSSR count). The molecular weight excluding hydrogens is 522 g/mol. The van der Waals surface area contributed by atoms with Crippen molar-refractivity contribution in [2.45, 2.75) is 45.2 Å². The van der Waals surface area contributed by atoms with Crippen molar-refractivity contribution in [3.8, 4) is 0 Å². The first-order valence-corrected chi connectivity index (χ1v) is 14.3. The molecule has 2 amide bonds. The van der Waals surface area contributed by atoms with Crippen molar-refractivity contribution in [1.29, 1.82) is 0 Å². The molecule has 0 fully saturated rings. The second kappa shape index (κ2) is 12.9. The van der Waals surface area contributed by atoms with Gasteiger partial charge in [-0.1, -0.05) is 73.5 Å². The van der Waals surface area contributed by atoms with Crippen LogP contribution >= 0.6 is 11.6 Å². The minimum atomic E-state index is -4.07. The summed E-state index contributed by atoms with van der Waals surface area (Å²) in [6, 6.07) is 21.1. The van der Waals surface area contributed by atoms with Crippen LogP contribution in [-0.2, 0) is 26.2 Å². The van der Waals surface area contributed by atoms with Crippen LogP contribution in [0, 0.1) is 12.8 Å². The number of carbonyl (C=O) groups excluding carboxylic acids is 2. The summed E-state index contributed by atoms with van der Waals surface area (Å²) in [7, 11) is -4.07. The Labute approximate surface area is 230 Å². The maximum absolute atomic E-state index is 13.8. The number of halogens is 1. The second-order valence-corrected chi connectivity index (χ2v) is 11.9. The number of sulfonamides is 1. The van der Waals surface area contributed by atoms with Gasteiger partial charge < -0.3 is 10.2 Å². The summed E-state index contributed by atoms with van der Waals surface area (Å²) in [6.07, 6.45) is 0. The van der Waals surface area contributed by atoms with Gasteiger partial charge in [0.25, 0.3) is 10.0 Å². The summed E-state index contributed by atoms with van der Waals surface area (Å²) in [6.45, 7) is 7.60. The van der Waals surface area contributed by atoms with E-state index in [1.165, 1.54) is 17.0 Å². The third-order valence-corrected chi connectivity index (χ3v) is 8.09. The number of nitrogens with zero attached hydrogens (tertiary/aromatic N) is 2. The first-order valence-electron chi connectivity index (χ1n) is 12.4. The van der Waals surface area contributed by atoms with Crippen molar-refractivity contribution >= 4 is 39.1 Å². The van der Waals surface area contributed by atoms with E-state index in [-0.39, 0.29) is 23.3 Å². The van der Waals surface area contributed by atoms with Crippen molar-refractivity contribution in [2.24, 2.45) is 5.92 Å². The summed E-state index contributed by atoms with van der Waals surface area (Å²) in [5, 5.41) is 3.42. The highest BCUT2D eigenvalue weighted by atomic mass is 35.5. The molecule has 9 heteroatoms. The first kappa shape index (κ1) is 29.2. The molecule has 0 aliphatic carbocycles. The molecule has 0 unspecified atom stereocenters. The lowest BCUT2D eigenvalue weighted by molar-refractivity contribution is -0.139. The predicted molar refractivity (Wildman–Crippen MR) is 151 cm³/mol. The van der Waals surface area contributed by atoms with Gasteiger partial charge in [0.2, 0.25) is 11.8 Å². The van der Waals surface area contributed by atoms with E-state index >= 15 is 0 Å². The van der Waals surface area contributed by atoms with Crippen LogP contribution in [0.5, 0.6) is 0 Å². The Morgan fingerprint density at radius 1 is 0.895 bits per heavy atom. The second-order valence-electron chi connectivity index (χ2n) is 9.62. The number of hydrogen-bond acceptors (Lipinski definition) is 4. The molecule has 0 saturated carbocycles. The Bertz CT molecular complexity index is 1330. The van der Waals surface area contributed by atoms with Gasteiger partial charge in [-0.2, -0.15) is 0 Å². The lowest BCUT2D eigenvalue weighted by atomic mass is 10.1. The van der Waals surface area contributed by atoms with Gasteiger partial charge in [0.15, 0.2) is 0 Å². The van der Waals surface area contributed by atoms with Crippen LogP contribution in [0.15, 0.2) is 83.8 Å². The maximum atomic E-state index is 13.8. The minimum absolute atomic E-state index is 0.0698. The van der Waals surface area contributed by atoms with Crippen molar-refractivity contribution in [1.82, 2.24) is 10.2 Å². The van der Waals surface area contributed by atoms with Crippen LogP contribution in [-0.4, -0.2) is 44.3 Å². The summed E-state index contributed by atoms with van der Waals surface area (Å²) < 4.78 is 28.5. The molecule has 3 aromatic rings. The molecular formula is C29H34ClN3O4S. The number of benzene rings is 3. The zero-order valence-corrected chi connectivity index (χ0v) is 23.7. The van der Waals surface area contributed by atoms with Crippen molar-refractivity contribution in [2.75, 3.05) is 17.4 Å². The standard InChI is InChI=1S/C29H34ClN3O4S/c1-21(2)18-31-29(35)23(4)32(19-24-12-14-25(30)15-13-24)28(34)20-33(26-16-10-22(3)11-17-26)38(36,37)27-8-6-5-7-9-27/h5-17,21,23H,18-20H2,1-4H3,(H,31,35)/t23-/m1/s1. The Balaban J connectivity index is 1.98. The van der Waals surface area contributed by atoms with Crippen LogP contribution in [0.1, 0.15) is 31.9 Å². The SMILES string of the molecule is Cc1ccc(N(CC(=O)N(Cc2ccc(Cl)cc2)[C@H](C)C(=O)NCC(C)C)S(=O)(=O)c2ccccc2)cc1. The number of amides is 2. The number of nitrogens with one attached hydrogen (secondary N) is 1. The number of anilines is 1. The Hall–Kier alpha value is -3.36. The van der Waals surface area contributed by atoms with Crippen LogP contribution in [0.3, 0.4) is 0 Å². The van der Waals surface area contributed by atoms with Gasteiger partial charge in [-0.05, 0) is 61.7 Å². The molecule has 0 aliphatic rings. The van der Waals surface area contributed by atoms with E-state index < -0.39 is 28.5 Å². The van der Waals surface area contributed by atoms with E-state index in [2.05, 4.69) is 5.32 Å². The Morgan fingerprint density at radius 2 is 1.50 bits per heavy atom. The van der Waals surface area contributed by atoms with Crippen molar-refractivity contribution in [3.63, 3.8) is 0 Å². The largest absolute Gasteiger partial charge is 0.354 e. The van der Waals surface area contributed by atoms with Crippen LogP contribution in [0.4, 0.5) is 5.69 Å².